The number of hydrogen-bond donors (Lipinski definition) is 2. The number of aromatic nitrogens is 1. The molecule has 0 fully saturated rings. The van der Waals surface area contributed by atoms with Gasteiger partial charge in [0.1, 0.15) is 5.75 Å². The Morgan fingerprint density at radius 3 is 2.66 bits per heavy atom. The zero-order valence-corrected chi connectivity index (χ0v) is 18.1. The van der Waals surface area contributed by atoms with Crippen LogP contribution in [0.1, 0.15) is 23.0 Å². The SMILES string of the molecule is CCc1cccc(OCC(=O)Nc2nc(-c3ccc(NC(=O)c4ccco4)cc3)cs2)c1. The van der Waals surface area contributed by atoms with E-state index < -0.39 is 0 Å². The first kappa shape index (κ1) is 21.3. The molecule has 0 spiro atoms. The van der Waals surface area contributed by atoms with Crippen molar-refractivity contribution in [3.8, 4) is 17.0 Å². The van der Waals surface area contributed by atoms with Gasteiger partial charge in [-0.05, 0) is 48.4 Å². The topological polar surface area (TPSA) is 93.5 Å². The van der Waals surface area contributed by atoms with Gasteiger partial charge in [-0.3, -0.25) is 14.9 Å². The average molecular weight is 448 g/mol. The molecule has 0 saturated carbocycles. The molecule has 4 aromatic rings. The van der Waals surface area contributed by atoms with Crippen molar-refractivity contribution in [3.05, 3.63) is 83.6 Å². The van der Waals surface area contributed by atoms with Crippen molar-refractivity contribution in [1.29, 1.82) is 0 Å². The van der Waals surface area contributed by atoms with Crippen molar-refractivity contribution >= 4 is 34.0 Å². The maximum Gasteiger partial charge on any atom is 0.291 e. The van der Waals surface area contributed by atoms with Crippen LogP contribution in [0.15, 0.2) is 76.7 Å². The summed E-state index contributed by atoms with van der Waals surface area (Å²) in [7, 11) is 0. The lowest BCUT2D eigenvalue weighted by Gasteiger charge is -2.07. The standard InChI is InChI=1S/C24H21N3O4S/c1-2-16-5-3-6-19(13-16)31-14-22(28)27-24-26-20(15-32-24)17-8-10-18(11-9-17)25-23(29)21-7-4-12-30-21/h3-13,15H,2,14H2,1H3,(H,25,29)(H,26,27,28). The van der Waals surface area contributed by atoms with Crippen LogP contribution >= 0.6 is 11.3 Å². The molecular formula is C24H21N3O4S. The number of nitrogens with one attached hydrogen (secondary N) is 2. The van der Waals surface area contributed by atoms with Crippen LogP contribution in [0.4, 0.5) is 10.8 Å². The van der Waals surface area contributed by atoms with Crippen LogP contribution in [0.3, 0.4) is 0 Å². The number of aryl methyl sites for hydroxylation is 1. The quantitative estimate of drug-likeness (QED) is 0.385. The van der Waals surface area contributed by atoms with Crippen LogP contribution in [-0.4, -0.2) is 23.4 Å². The predicted octanol–water partition coefficient (Wildman–Crippen LogP) is 5.24. The zero-order valence-electron chi connectivity index (χ0n) is 17.3. The number of thiazole rings is 1. The van der Waals surface area contributed by atoms with Gasteiger partial charge in [-0.15, -0.1) is 11.3 Å². The third-order valence-electron chi connectivity index (χ3n) is 4.61. The van der Waals surface area contributed by atoms with Gasteiger partial charge in [-0.25, -0.2) is 4.98 Å². The van der Waals surface area contributed by atoms with Gasteiger partial charge in [-0.1, -0.05) is 31.2 Å². The van der Waals surface area contributed by atoms with E-state index >= 15 is 0 Å². The van der Waals surface area contributed by atoms with Gasteiger partial charge in [0.05, 0.1) is 12.0 Å². The Morgan fingerprint density at radius 2 is 1.91 bits per heavy atom. The van der Waals surface area contributed by atoms with Crippen LogP contribution < -0.4 is 15.4 Å². The Labute approximate surface area is 189 Å². The molecule has 0 aliphatic carbocycles. The summed E-state index contributed by atoms with van der Waals surface area (Å²) in [5.41, 5.74) is 3.39. The fourth-order valence-electron chi connectivity index (χ4n) is 2.95. The molecule has 2 N–H and O–H groups in total. The highest BCUT2D eigenvalue weighted by Crippen LogP contribution is 2.26. The molecule has 7 nitrogen and oxygen atoms in total. The molecule has 162 valence electrons. The maximum atomic E-state index is 12.2. The van der Waals surface area contributed by atoms with Gasteiger partial charge in [-0.2, -0.15) is 0 Å². The van der Waals surface area contributed by atoms with Gasteiger partial charge in [0.15, 0.2) is 17.5 Å². The van der Waals surface area contributed by atoms with E-state index in [1.165, 1.54) is 17.6 Å². The summed E-state index contributed by atoms with van der Waals surface area (Å²) < 4.78 is 10.7. The van der Waals surface area contributed by atoms with E-state index in [1.807, 2.05) is 41.8 Å². The molecule has 0 unspecified atom stereocenters. The molecule has 2 amide bonds. The highest BCUT2D eigenvalue weighted by Gasteiger charge is 2.11. The number of carbonyl (C=O) groups excluding carboxylic acids is 2. The number of benzene rings is 2. The maximum absolute atomic E-state index is 12.2. The molecule has 0 aliphatic rings. The zero-order chi connectivity index (χ0) is 22.3. The first-order chi connectivity index (χ1) is 15.6. The average Bonchev–Trinajstić information content (AvgIpc) is 3.51. The Hall–Kier alpha value is -3.91. The Balaban J connectivity index is 1.31. The lowest BCUT2D eigenvalue weighted by Crippen LogP contribution is -2.20. The largest absolute Gasteiger partial charge is 0.484 e. The van der Waals surface area contributed by atoms with E-state index in [0.29, 0.717) is 16.6 Å². The minimum Gasteiger partial charge on any atom is -0.484 e. The van der Waals surface area contributed by atoms with E-state index in [0.717, 1.165) is 23.2 Å². The summed E-state index contributed by atoms with van der Waals surface area (Å²) in [5, 5.41) is 7.88. The first-order valence-corrected chi connectivity index (χ1v) is 10.9. The van der Waals surface area contributed by atoms with Crippen molar-refractivity contribution < 1.29 is 18.7 Å². The molecule has 0 bridgehead atoms. The Bertz CT molecular complexity index is 1200. The highest BCUT2D eigenvalue weighted by molar-refractivity contribution is 7.14. The van der Waals surface area contributed by atoms with Crippen LogP contribution in [0.5, 0.6) is 5.75 Å². The number of hydrogen-bond acceptors (Lipinski definition) is 6. The minimum atomic E-state index is -0.315. The normalized spacial score (nSPS) is 10.5. The second-order valence-corrected chi connectivity index (χ2v) is 7.74. The van der Waals surface area contributed by atoms with Crippen LogP contribution in [0.2, 0.25) is 0 Å². The third-order valence-corrected chi connectivity index (χ3v) is 5.37. The van der Waals surface area contributed by atoms with E-state index in [1.54, 1.807) is 24.3 Å². The summed E-state index contributed by atoms with van der Waals surface area (Å²) in [6, 6.07) is 18.2. The van der Waals surface area contributed by atoms with E-state index in [4.69, 9.17) is 9.15 Å². The molecular weight excluding hydrogens is 426 g/mol. The summed E-state index contributed by atoms with van der Waals surface area (Å²) in [5.74, 6) is 0.323. The molecule has 32 heavy (non-hydrogen) atoms. The fourth-order valence-corrected chi connectivity index (χ4v) is 3.68. The highest BCUT2D eigenvalue weighted by atomic mass is 32.1. The van der Waals surface area contributed by atoms with Crippen molar-refractivity contribution in [2.75, 3.05) is 17.2 Å². The van der Waals surface area contributed by atoms with Crippen molar-refractivity contribution in [2.45, 2.75) is 13.3 Å². The van der Waals surface area contributed by atoms with Gasteiger partial charge in [0.25, 0.3) is 11.8 Å². The van der Waals surface area contributed by atoms with Crippen molar-refractivity contribution in [3.63, 3.8) is 0 Å². The van der Waals surface area contributed by atoms with E-state index in [-0.39, 0.29) is 24.2 Å². The Morgan fingerprint density at radius 1 is 1.06 bits per heavy atom. The molecule has 4 rings (SSSR count). The number of nitrogens with zero attached hydrogens (tertiary/aromatic N) is 1. The second-order valence-electron chi connectivity index (χ2n) is 6.88. The number of anilines is 2. The Kier molecular flexibility index (Phi) is 6.62. The monoisotopic (exact) mass is 447 g/mol. The van der Waals surface area contributed by atoms with Gasteiger partial charge in [0.2, 0.25) is 0 Å². The molecule has 2 heterocycles. The number of ether oxygens (including phenoxy) is 1. The van der Waals surface area contributed by atoms with Crippen LogP contribution in [0, 0.1) is 0 Å². The number of furan rings is 1. The molecule has 0 radical (unpaired) electrons. The molecule has 2 aromatic carbocycles. The number of amides is 2. The van der Waals surface area contributed by atoms with Crippen LogP contribution in [0.25, 0.3) is 11.3 Å². The minimum absolute atomic E-state index is 0.0911. The molecule has 8 heteroatoms. The fraction of sp³-hybridized carbons (Fsp3) is 0.125. The first-order valence-electron chi connectivity index (χ1n) is 10.0. The predicted molar refractivity (Wildman–Crippen MR) is 124 cm³/mol. The van der Waals surface area contributed by atoms with E-state index in [2.05, 4.69) is 22.5 Å². The molecule has 0 atom stereocenters. The summed E-state index contributed by atoms with van der Waals surface area (Å²) in [4.78, 5) is 28.7. The number of rotatable bonds is 8. The summed E-state index contributed by atoms with van der Waals surface area (Å²) >= 11 is 1.33. The van der Waals surface area contributed by atoms with Crippen molar-refractivity contribution in [1.82, 2.24) is 4.98 Å². The lowest BCUT2D eigenvalue weighted by molar-refractivity contribution is -0.118. The van der Waals surface area contributed by atoms with Crippen molar-refractivity contribution in [2.24, 2.45) is 0 Å². The molecule has 2 aromatic heterocycles. The molecule has 0 aliphatic heterocycles. The smallest absolute Gasteiger partial charge is 0.291 e. The lowest BCUT2D eigenvalue weighted by atomic mass is 10.1. The van der Waals surface area contributed by atoms with Gasteiger partial charge >= 0.3 is 0 Å². The number of carbonyl (C=O) groups is 2. The van der Waals surface area contributed by atoms with E-state index in [9.17, 15) is 9.59 Å². The summed E-state index contributed by atoms with van der Waals surface area (Å²) in [6.45, 7) is 1.97. The van der Waals surface area contributed by atoms with Crippen LogP contribution in [-0.2, 0) is 11.2 Å². The second kappa shape index (κ2) is 9.93. The summed E-state index contributed by atoms with van der Waals surface area (Å²) in [6.07, 6.45) is 2.36. The molecule has 0 saturated heterocycles. The van der Waals surface area contributed by atoms with Gasteiger partial charge < -0.3 is 14.5 Å². The third kappa shape index (κ3) is 5.41. The van der Waals surface area contributed by atoms with Gasteiger partial charge in [0, 0.05) is 16.6 Å².